The van der Waals surface area contributed by atoms with Crippen molar-refractivity contribution in [3.63, 3.8) is 0 Å². The largest absolute Gasteiger partial charge is 0.467 e. The average Bonchev–Trinajstić information content (AvgIpc) is 2.99. The SMILES string of the molecule is CN(C)CC1CC(O)CN1CC(=O)N(C)Cc1ccco1. The van der Waals surface area contributed by atoms with Gasteiger partial charge in [-0.2, -0.15) is 0 Å². The van der Waals surface area contributed by atoms with E-state index in [0.29, 0.717) is 19.6 Å². The molecular formula is C15H25N3O3. The summed E-state index contributed by atoms with van der Waals surface area (Å²) < 4.78 is 5.26. The summed E-state index contributed by atoms with van der Waals surface area (Å²) in [5, 5.41) is 9.84. The van der Waals surface area contributed by atoms with E-state index in [0.717, 1.165) is 18.7 Å². The van der Waals surface area contributed by atoms with Crippen LogP contribution in [0.15, 0.2) is 22.8 Å². The summed E-state index contributed by atoms with van der Waals surface area (Å²) in [6.45, 7) is 2.23. The van der Waals surface area contributed by atoms with Crippen LogP contribution in [0.4, 0.5) is 0 Å². The monoisotopic (exact) mass is 295 g/mol. The molecule has 1 amide bonds. The third-order valence-electron chi connectivity index (χ3n) is 3.82. The van der Waals surface area contributed by atoms with Crippen molar-refractivity contribution >= 4 is 5.91 Å². The maximum absolute atomic E-state index is 12.3. The Morgan fingerprint density at radius 3 is 2.86 bits per heavy atom. The van der Waals surface area contributed by atoms with Gasteiger partial charge in [0, 0.05) is 26.2 Å². The van der Waals surface area contributed by atoms with Crippen LogP contribution in [0.3, 0.4) is 0 Å². The zero-order valence-electron chi connectivity index (χ0n) is 13.0. The number of amides is 1. The Bertz CT molecular complexity index is 447. The summed E-state index contributed by atoms with van der Waals surface area (Å²) in [4.78, 5) is 18.1. The molecule has 2 atom stereocenters. The molecule has 6 heteroatoms. The van der Waals surface area contributed by atoms with Crippen molar-refractivity contribution < 1.29 is 14.3 Å². The summed E-state index contributed by atoms with van der Waals surface area (Å²) in [6.07, 6.45) is 2.00. The first-order valence-corrected chi connectivity index (χ1v) is 7.29. The number of carbonyl (C=O) groups excluding carboxylic acids is 1. The number of β-amino-alcohol motifs (C(OH)–C–C–N with tert-alkyl or cyclic N) is 1. The Morgan fingerprint density at radius 2 is 2.24 bits per heavy atom. The molecule has 1 aliphatic heterocycles. The van der Waals surface area contributed by atoms with Crippen molar-refractivity contribution in [2.24, 2.45) is 0 Å². The van der Waals surface area contributed by atoms with Crippen LogP contribution in [0.5, 0.6) is 0 Å². The molecule has 1 aliphatic rings. The summed E-state index contributed by atoms with van der Waals surface area (Å²) in [5.74, 6) is 0.821. The molecule has 2 heterocycles. The summed E-state index contributed by atoms with van der Waals surface area (Å²) in [6, 6.07) is 3.91. The lowest BCUT2D eigenvalue weighted by atomic mass is 10.2. The van der Waals surface area contributed by atoms with Crippen LogP contribution >= 0.6 is 0 Å². The third-order valence-corrected chi connectivity index (χ3v) is 3.82. The van der Waals surface area contributed by atoms with Crippen molar-refractivity contribution in [2.75, 3.05) is 40.8 Å². The number of carbonyl (C=O) groups is 1. The second-order valence-corrected chi connectivity index (χ2v) is 6.06. The van der Waals surface area contributed by atoms with Crippen LogP contribution < -0.4 is 0 Å². The van der Waals surface area contributed by atoms with E-state index >= 15 is 0 Å². The van der Waals surface area contributed by atoms with Crippen molar-refractivity contribution in [3.8, 4) is 0 Å². The highest BCUT2D eigenvalue weighted by Gasteiger charge is 2.32. The number of likely N-dealkylation sites (N-methyl/N-ethyl adjacent to an activating group) is 2. The molecule has 21 heavy (non-hydrogen) atoms. The fraction of sp³-hybridized carbons (Fsp3) is 0.667. The van der Waals surface area contributed by atoms with Gasteiger partial charge in [0.2, 0.25) is 5.91 Å². The molecule has 0 aliphatic carbocycles. The summed E-state index contributed by atoms with van der Waals surface area (Å²) >= 11 is 0. The number of aliphatic hydroxyl groups is 1. The van der Waals surface area contributed by atoms with Crippen LogP contribution in [0.2, 0.25) is 0 Å². The molecule has 1 N–H and O–H groups in total. The molecule has 2 rings (SSSR count). The number of furan rings is 1. The first-order chi connectivity index (χ1) is 9.95. The van der Waals surface area contributed by atoms with Gasteiger partial charge < -0.3 is 19.3 Å². The lowest BCUT2D eigenvalue weighted by molar-refractivity contribution is -0.132. The predicted molar refractivity (Wildman–Crippen MR) is 79.7 cm³/mol. The Hall–Kier alpha value is -1.37. The highest BCUT2D eigenvalue weighted by atomic mass is 16.3. The van der Waals surface area contributed by atoms with E-state index in [1.807, 2.05) is 26.2 Å². The predicted octanol–water partition coefficient (Wildman–Crippen LogP) is 0.235. The number of hydrogen-bond acceptors (Lipinski definition) is 5. The van der Waals surface area contributed by atoms with Crippen LogP contribution in [-0.2, 0) is 11.3 Å². The van der Waals surface area contributed by atoms with Gasteiger partial charge in [-0.3, -0.25) is 9.69 Å². The minimum absolute atomic E-state index is 0.0456. The number of rotatable bonds is 6. The molecule has 6 nitrogen and oxygen atoms in total. The van der Waals surface area contributed by atoms with Gasteiger partial charge in [-0.1, -0.05) is 0 Å². The molecule has 1 aromatic heterocycles. The molecule has 0 bridgehead atoms. The molecule has 0 spiro atoms. The lowest BCUT2D eigenvalue weighted by Crippen LogP contribution is -2.43. The second-order valence-electron chi connectivity index (χ2n) is 6.06. The molecule has 0 saturated carbocycles. The van der Waals surface area contributed by atoms with Gasteiger partial charge in [0.1, 0.15) is 5.76 Å². The topological polar surface area (TPSA) is 60.2 Å². The molecule has 0 radical (unpaired) electrons. The molecule has 1 fully saturated rings. The quantitative estimate of drug-likeness (QED) is 0.814. The van der Waals surface area contributed by atoms with E-state index in [2.05, 4.69) is 9.80 Å². The number of nitrogens with zero attached hydrogens (tertiary/aromatic N) is 3. The standard InChI is InChI=1S/C15H25N3O3/c1-16(2)8-12-7-13(19)9-18(12)11-15(20)17(3)10-14-5-4-6-21-14/h4-6,12-13,19H,7-11H2,1-3H3. The van der Waals surface area contributed by atoms with E-state index in [4.69, 9.17) is 4.42 Å². The van der Waals surface area contributed by atoms with Crippen molar-refractivity contribution in [3.05, 3.63) is 24.2 Å². The minimum atomic E-state index is -0.335. The van der Waals surface area contributed by atoms with Crippen LogP contribution in [-0.4, -0.2) is 78.6 Å². The Labute approximate surface area is 125 Å². The van der Waals surface area contributed by atoms with E-state index in [1.165, 1.54) is 0 Å². The summed E-state index contributed by atoms with van der Waals surface area (Å²) in [7, 11) is 5.79. The minimum Gasteiger partial charge on any atom is -0.467 e. The van der Waals surface area contributed by atoms with Gasteiger partial charge in [0.15, 0.2) is 0 Å². The fourth-order valence-electron chi connectivity index (χ4n) is 2.78. The van der Waals surface area contributed by atoms with E-state index in [1.54, 1.807) is 18.2 Å². The van der Waals surface area contributed by atoms with Crippen molar-refractivity contribution in [2.45, 2.75) is 25.1 Å². The molecule has 0 aromatic carbocycles. The third kappa shape index (κ3) is 4.56. The zero-order chi connectivity index (χ0) is 15.4. The highest BCUT2D eigenvalue weighted by molar-refractivity contribution is 5.78. The van der Waals surface area contributed by atoms with Gasteiger partial charge in [0.05, 0.1) is 25.5 Å². The maximum atomic E-state index is 12.3. The van der Waals surface area contributed by atoms with Gasteiger partial charge in [-0.25, -0.2) is 0 Å². The molecule has 2 unspecified atom stereocenters. The lowest BCUT2D eigenvalue weighted by Gasteiger charge is -2.27. The van der Waals surface area contributed by atoms with Crippen LogP contribution in [0, 0.1) is 0 Å². The number of likely N-dealkylation sites (tertiary alicyclic amines) is 1. The molecular weight excluding hydrogens is 270 g/mol. The summed E-state index contributed by atoms with van der Waals surface area (Å²) in [5.41, 5.74) is 0. The first kappa shape index (κ1) is 16.0. The molecule has 1 aromatic rings. The van der Waals surface area contributed by atoms with Crippen LogP contribution in [0.1, 0.15) is 12.2 Å². The van der Waals surface area contributed by atoms with E-state index in [-0.39, 0.29) is 18.1 Å². The maximum Gasteiger partial charge on any atom is 0.236 e. The second kappa shape index (κ2) is 7.06. The smallest absolute Gasteiger partial charge is 0.236 e. The van der Waals surface area contributed by atoms with Crippen molar-refractivity contribution in [1.82, 2.24) is 14.7 Å². The van der Waals surface area contributed by atoms with Crippen LogP contribution in [0.25, 0.3) is 0 Å². The van der Waals surface area contributed by atoms with Crippen molar-refractivity contribution in [1.29, 1.82) is 0 Å². The van der Waals surface area contributed by atoms with Gasteiger partial charge in [0.25, 0.3) is 0 Å². The Morgan fingerprint density at radius 1 is 1.48 bits per heavy atom. The normalized spacial score (nSPS) is 22.9. The number of aliphatic hydroxyl groups excluding tert-OH is 1. The van der Waals surface area contributed by atoms with Gasteiger partial charge >= 0.3 is 0 Å². The zero-order valence-corrected chi connectivity index (χ0v) is 13.0. The highest BCUT2D eigenvalue weighted by Crippen LogP contribution is 2.18. The Kier molecular flexibility index (Phi) is 5.39. The fourth-order valence-corrected chi connectivity index (χ4v) is 2.78. The van der Waals surface area contributed by atoms with Gasteiger partial charge in [-0.15, -0.1) is 0 Å². The van der Waals surface area contributed by atoms with E-state index < -0.39 is 0 Å². The molecule has 1 saturated heterocycles. The molecule has 118 valence electrons. The first-order valence-electron chi connectivity index (χ1n) is 7.29. The van der Waals surface area contributed by atoms with Gasteiger partial charge in [-0.05, 0) is 32.6 Å². The average molecular weight is 295 g/mol. The number of hydrogen-bond donors (Lipinski definition) is 1. The van der Waals surface area contributed by atoms with E-state index in [9.17, 15) is 9.90 Å². The Balaban J connectivity index is 1.88.